The van der Waals surface area contributed by atoms with Crippen molar-refractivity contribution < 1.29 is 8.42 Å². The third-order valence-electron chi connectivity index (χ3n) is 5.62. The van der Waals surface area contributed by atoms with Crippen LogP contribution in [0.1, 0.15) is 43.7 Å². The van der Waals surface area contributed by atoms with Gasteiger partial charge in [-0.3, -0.25) is 0 Å². The molecule has 0 saturated carbocycles. The van der Waals surface area contributed by atoms with Crippen LogP contribution in [-0.4, -0.2) is 38.7 Å². The summed E-state index contributed by atoms with van der Waals surface area (Å²) in [6, 6.07) is 19.5. The molecule has 2 aromatic rings. The molecule has 0 amide bonds. The molecule has 1 aliphatic rings. The molecule has 0 radical (unpaired) electrons. The number of hydrogen-bond acceptors (Lipinski definition) is 3. The topological polar surface area (TPSA) is 37.4 Å². The summed E-state index contributed by atoms with van der Waals surface area (Å²) in [5, 5.41) is 0. The van der Waals surface area contributed by atoms with Gasteiger partial charge in [-0.25, -0.2) is 8.42 Å². The fraction of sp³-hybridized carbons (Fsp3) is 0.455. The van der Waals surface area contributed by atoms with Gasteiger partial charge in [0.05, 0.1) is 0 Å². The van der Waals surface area contributed by atoms with Crippen LogP contribution in [0.25, 0.3) is 0 Å². The largest absolute Gasteiger partial charge is 0.303 e. The van der Waals surface area contributed by atoms with Crippen molar-refractivity contribution >= 4 is 9.84 Å². The summed E-state index contributed by atoms with van der Waals surface area (Å²) in [5.74, 6) is 0.136. The minimum Gasteiger partial charge on any atom is -0.303 e. The summed E-state index contributed by atoms with van der Waals surface area (Å²) in [6.45, 7) is 4.72. The lowest BCUT2D eigenvalue weighted by atomic mass is 9.87. The molecular formula is C22H29NO2S. The molecule has 0 aliphatic carbocycles. The van der Waals surface area contributed by atoms with E-state index in [-0.39, 0.29) is 5.75 Å². The first kappa shape index (κ1) is 19.1. The highest BCUT2D eigenvalue weighted by atomic mass is 32.2. The van der Waals surface area contributed by atoms with Crippen LogP contribution in [0.5, 0.6) is 0 Å². The van der Waals surface area contributed by atoms with E-state index in [2.05, 4.69) is 4.90 Å². The summed E-state index contributed by atoms with van der Waals surface area (Å²) < 4.78 is 26.0. The second-order valence-electron chi connectivity index (χ2n) is 7.11. The fourth-order valence-corrected chi connectivity index (χ4v) is 6.02. The molecule has 2 aromatic carbocycles. The van der Waals surface area contributed by atoms with Crippen LogP contribution in [0.2, 0.25) is 0 Å². The van der Waals surface area contributed by atoms with Crippen LogP contribution in [0.3, 0.4) is 0 Å². The Balaban J connectivity index is 2.09. The first-order chi connectivity index (χ1) is 12.6. The van der Waals surface area contributed by atoms with Crippen LogP contribution in [-0.2, 0) is 14.6 Å². The van der Waals surface area contributed by atoms with Crippen molar-refractivity contribution in [3.8, 4) is 0 Å². The monoisotopic (exact) mass is 371 g/mol. The minimum absolute atomic E-state index is 0.136. The number of likely N-dealkylation sites (tertiary alicyclic amines) is 1. The lowest BCUT2D eigenvalue weighted by Crippen LogP contribution is -2.42. The summed E-state index contributed by atoms with van der Waals surface area (Å²) in [5.41, 5.74) is 1.76. The van der Waals surface area contributed by atoms with Gasteiger partial charge in [-0.15, -0.1) is 0 Å². The van der Waals surface area contributed by atoms with Crippen molar-refractivity contribution in [2.75, 3.05) is 25.4 Å². The lowest BCUT2D eigenvalue weighted by Gasteiger charge is -2.37. The molecule has 0 atom stereocenters. The Hall–Kier alpha value is -1.65. The summed E-state index contributed by atoms with van der Waals surface area (Å²) >= 11 is 0. The van der Waals surface area contributed by atoms with E-state index in [0.29, 0.717) is 6.42 Å². The Morgan fingerprint density at radius 1 is 0.846 bits per heavy atom. The van der Waals surface area contributed by atoms with Gasteiger partial charge in [-0.05, 0) is 43.5 Å². The maximum absolute atomic E-state index is 13.5. The number of nitrogens with zero attached hydrogens (tertiary/aromatic N) is 1. The Kier molecular flexibility index (Phi) is 6.15. The number of piperidine rings is 1. The Morgan fingerprint density at radius 2 is 1.35 bits per heavy atom. The van der Waals surface area contributed by atoms with E-state index in [1.54, 1.807) is 6.92 Å². The van der Waals surface area contributed by atoms with E-state index >= 15 is 0 Å². The predicted octanol–water partition coefficient (Wildman–Crippen LogP) is 4.24. The summed E-state index contributed by atoms with van der Waals surface area (Å²) in [4.78, 5) is 2.43. The van der Waals surface area contributed by atoms with Gasteiger partial charge in [0.1, 0.15) is 4.75 Å². The third kappa shape index (κ3) is 3.72. The van der Waals surface area contributed by atoms with E-state index < -0.39 is 14.6 Å². The van der Waals surface area contributed by atoms with Crippen LogP contribution >= 0.6 is 0 Å². The van der Waals surface area contributed by atoms with E-state index in [1.165, 1.54) is 19.3 Å². The molecule has 0 bridgehead atoms. The molecular weight excluding hydrogens is 342 g/mol. The Bertz CT molecular complexity index is 742. The molecule has 1 saturated heterocycles. The van der Waals surface area contributed by atoms with Crippen molar-refractivity contribution in [2.24, 2.45) is 0 Å². The van der Waals surface area contributed by atoms with Gasteiger partial charge in [0.2, 0.25) is 0 Å². The van der Waals surface area contributed by atoms with E-state index in [0.717, 1.165) is 30.8 Å². The van der Waals surface area contributed by atoms with Crippen molar-refractivity contribution in [1.29, 1.82) is 0 Å². The highest BCUT2D eigenvalue weighted by Gasteiger charge is 2.45. The Morgan fingerprint density at radius 3 is 1.81 bits per heavy atom. The van der Waals surface area contributed by atoms with Crippen molar-refractivity contribution in [2.45, 2.75) is 37.4 Å². The number of rotatable bonds is 7. The average Bonchev–Trinajstić information content (AvgIpc) is 2.71. The number of hydrogen-bond donors (Lipinski definition) is 0. The molecule has 140 valence electrons. The zero-order chi connectivity index (χ0) is 18.5. The molecule has 0 N–H and O–H groups in total. The second kappa shape index (κ2) is 8.36. The minimum atomic E-state index is -3.36. The number of sulfone groups is 1. The molecule has 0 aromatic heterocycles. The molecule has 1 fully saturated rings. The Labute approximate surface area is 158 Å². The van der Waals surface area contributed by atoms with Gasteiger partial charge >= 0.3 is 0 Å². The van der Waals surface area contributed by atoms with Crippen LogP contribution in [0.4, 0.5) is 0 Å². The molecule has 3 rings (SSSR count). The molecule has 26 heavy (non-hydrogen) atoms. The van der Waals surface area contributed by atoms with Crippen molar-refractivity contribution in [3.05, 3.63) is 71.8 Å². The molecule has 4 heteroatoms. The van der Waals surface area contributed by atoms with Gasteiger partial charge in [-0.1, -0.05) is 74.0 Å². The van der Waals surface area contributed by atoms with E-state index in [4.69, 9.17) is 0 Å². The van der Waals surface area contributed by atoms with Crippen molar-refractivity contribution in [1.82, 2.24) is 4.90 Å². The maximum Gasteiger partial charge on any atom is 0.164 e. The normalized spacial score (nSPS) is 16.5. The maximum atomic E-state index is 13.5. The summed E-state index contributed by atoms with van der Waals surface area (Å²) in [6.07, 6.45) is 4.30. The second-order valence-corrected chi connectivity index (χ2v) is 9.62. The third-order valence-corrected chi connectivity index (χ3v) is 8.12. The molecule has 1 heterocycles. The SMILES string of the molecule is CCS(=O)(=O)C(CCN1CCCCC1)(c1ccccc1)c1ccccc1. The molecule has 1 aliphatic heterocycles. The standard InChI is InChI=1S/C22H29NO2S/c1-2-26(24,25)22(20-12-6-3-7-13-20,21-14-8-4-9-15-21)16-19-23-17-10-5-11-18-23/h3-4,6-9,12-15H,2,5,10-11,16-19H2,1H3. The molecule has 0 spiro atoms. The smallest absolute Gasteiger partial charge is 0.164 e. The lowest BCUT2D eigenvalue weighted by molar-refractivity contribution is 0.220. The first-order valence-corrected chi connectivity index (χ1v) is 11.3. The van der Waals surface area contributed by atoms with Crippen LogP contribution in [0.15, 0.2) is 60.7 Å². The average molecular weight is 372 g/mol. The first-order valence-electron chi connectivity index (χ1n) is 9.66. The zero-order valence-electron chi connectivity index (χ0n) is 15.6. The van der Waals surface area contributed by atoms with Gasteiger partial charge in [0, 0.05) is 12.3 Å². The van der Waals surface area contributed by atoms with Gasteiger partial charge in [0.25, 0.3) is 0 Å². The predicted molar refractivity (Wildman–Crippen MR) is 108 cm³/mol. The zero-order valence-corrected chi connectivity index (χ0v) is 16.4. The van der Waals surface area contributed by atoms with E-state index in [9.17, 15) is 8.42 Å². The summed E-state index contributed by atoms with van der Waals surface area (Å²) in [7, 11) is -3.36. The van der Waals surface area contributed by atoms with E-state index in [1.807, 2.05) is 60.7 Å². The molecule has 3 nitrogen and oxygen atoms in total. The van der Waals surface area contributed by atoms with Crippen LogP contribution < -0.4 is 0 Å². The number of benzene rings is 2. The highest BCUT2D eigenvalue weighted by Crippen LogP contribution is 2.41. The highest BCUT2D eigenvalue weighted by molar-refractivity contribution is 7.92. The van der Waals surface area contributed by atoms with Crippen LogP contribution in [0, 0.1) is 0 Å². The molecule has 0 unspecified atom stereocenters. The quantitative estimate of drug-likeness (QED) is 0.730. The van der Waals surface area contributed by atoms with Crippen molar-refractivity contribution in [3.63, 3.8) is 0 Å². The van der Waals surface area contributed by atoms with Gasteiger partial charge in [0.15, 0.2) is 9.84 Å². The fourth-order valence-electron chi connectivity index (χ4n) is 4.13. The van der Waals surface area contributed by atoms with Gasteiger partial charge in [-0.2, -0.15) is 0 Å². The van der Waals surface area contributed by atoms with Gasteiger partial charge < -0.3 is 4.90 Å².